The van der Waals surface area contributed by atoms with E-state index in [0.717, 1.165) is 0 Å². The van der Waals surface area contributed by atoms with Gasteiger partial charge >= 0.3 is 0 Å². The van der Waals surface area contributed by atoms with Gasteiger partial charge in [0.15, 0.2) is 11.5 Å². The van der Waals surface area contributed by atoms with Crippen molar-refractivity contribution >= 4 is 11.4 Å². The summed E-state index contributed by atoms with van der Waals surface area (Å²) in [5.74, 6) is 1.05. The maximum Gasteiger partial charge on any atom is 0.163 e. The number of nitrogens with one attached hydrogen (secondary N) is 1. The fraction of sp³-hybridized carbons (Fsp3) is 0.250. The normalized spacial score (nSPS) is 14.6. The number of anilines is 2. The molecule has 0 aromatic heterocycles. The van der Waals surface area contributed by atoms with Gasteiger partial charge in [0, 0.05) is 17.7 Å². The van der Waals surface area contributed by atoms with Gasteiger partial charge in [0.2, 0.25) is 0 Å². The quantitative estimate of drug-likeness (QED) is 0.850. The van der Waals surface area contributed by atoms with E-state index in [1.807, 2.05) is 13.0 Å². The molecular formula is C16H17FN2O2. The predicted molar refractivity (Wildman–Crippen MR) is 80.3 cm³/mol. The highest BCUT2D eigenvalue weighted by molar-refractivity contribution is 5.72. The van der Waals surface area contributed by atoms with Crippen LogP contribution in [0.4, 0.5) is 15.8 Å². The van der Waals surface area contributed by atoms with Crippen molar-refractivity contribution in [2.75, 3.05) is 24.3 Å². The monoisotopic (exact) mass is 288 g/mol. The lowest BCUT2D eigenvalue weighted by Crippen LogP contribution is -2.16. The van der Waals surface area contributed by atoms with Gasteiger partial charge in [-0.25, -0.2) is 4.39 Å². The molecule has 0 fully saturated rings. The van der Waals surface area contributed by atoms with E-state index in [-0.39, 0.29) is 11.9 Å². The number of fused-ring (bicyclic) bond motifs is 1. The lowest BCUT2D eigenvalue weighted by Gasteiger charge is -2.22. The van der Waals surface area contributed by atoms with E-state index in [0.29, 0.717) is 41.7 Å². The van der Waals surface area contributed by atoms with Crippen LogP contribution in [0.2, 0.25) is 0 Å². The molecule has 1 heterocycles. The Morgan fingerprint density at radius 1 is 1.14 bits per heavy atom. The first-order valence-electron chi connectivity index (χ1n) is 6.85. The Hall–Kier alpha value is -2.43. The molecule has 0 spiro atoms. The number of halogens is 1. The van der Waals surface area contributed by atoms with Gasteiger partial charge in [0.1, 0.15) is 19.0 Å². The average Bonchev–Trinajstić information content (AvgIpc) is 2.48. The highest BCUT2D eigenvalue weighted by Crippen LogP contribution is 2.38. The zero-order chi connectivity index (χ0) is 14.8. The topological polar surface area (TPSA) is 56.5 Å². The van der Waals surface area contributed by atoms with Crippen LogP contribution < -0.4 is 20.5 Å². The SMILES string of the molecule is CC(Nc1cc2c(cc1N)OCCO2)c1ccccc1F. The van der Waals surface area contributed by atoms with E-state index < -0.39 is 0 Å². The fourth-order valence-corrected chi connectivity index (χ4v) is 2.37. The number of nitrogen functional groups attached to an aromatic ring is 1. The molecular weight excluding hydrogens is 271 g/mol. The Morgan fingerprint density at radius 3 is 2.52 bits per heavy atom. The molecule has 2 aromatic rings. The lowest BCUT2D eigenvalue weighted by atomic mass is 10.1. The summed E-state index contributed by atoms with van der Waals surface area (Å²) in [6.45, 7) is 2.92. The van der Waals surface area contributed by atoms with Gasteiger partial charge < -0.3 is 20.5 Å². The highest BCUT2D eigenvalue weighted by atomic mass is 19.1. The fourth-order valence-electron chi connectivity index (χ4n) is 2.37. The molecule has 3 rings (SSSR count). The summed E-state index contributed by atoms with van der Waals surface area (Å²) in [5, 5.41) is 3.22. The molecule has 1 aliphatic heterocycles. The molecule has 3 N–H and O–H groups in total. The maximum atomic E-state index is 13.8. The molecule has 0 aliphatic carbocycles. The molecule has 1 atom stereocenters. The van der Waals surface area contributed by atoms with Crippen LogP contribution in [0.3, 0.4) is 0 Å². The van der Waals surface area contributed by atoms with Crippen molar-refractivity contribution in [2.45, 2.75) is 13.0 Å². The van der Waals surface area contributed by atoms with E-state index in [4.69, 9.17) is 15.2 Å². The third-order valence-electron chi connectivity index (χ3n) is 3.46. The Bertz CT molecular complexity index is 661. The second-order valence-corrected chi connectivity index (χ2v) is 4.97. The van der Waals surface area contributed by atoms with Crippen LogP contribution in [0.5, 0.6) is 11.5 Å². The summed E-state index contributed by atoms with van der Waals surface area (Å²) in [5.41, 5.74) is 7.85. The summed E-state index contributed by atoms with van der Waals surface area (Å²) >= 11 is 0. The highest BCUT2D eigenvalue weighted by Gasteiger charge is 2.17. The number of nitrogens with two attached hydrogens (primary N) is 1. The molecule has 1 aliphatic rings. The number of rotatable bonds is 3. The smallest absolute Gasteiger partial charge is 0.163 e. The first-order chi connectivity index (χ1) is 10.1. The van der Waals surface area contributed by atoms with E-state index in [1.165, 1.54) is 6.07 Å². The molecule has 0 amide bonds. The minimum absolute atomic E-state index is 0.212. The molecule has 0 saturated carbocycles. The van der Waals surface area contributed by atoms with Gasteiger partial charge in [-0.05, 0) is 13.0 Å². The summed E-state index contributed by atoms with van der Waals surface area (Å²) in [7, 11) is 0. The largest absolute Gasteiger partial charge is 0.486 e. The Kier molecular flexibility index (Phi) is 3.56. The number of benzene rings is 2. The minimum atomic E-state index is -0.242. The van der Waals surface area contributed by atoms with Gasteiger partial charge in [0.05, 0.1) is 17.4 Å². The van der Waals surface area contributed by atoms with Gasteiger partial charge in [-0.15, -0.1) is 0 Å². The van der Waals surface area contributed by atoms with E-state index in [2.05, 4.69) is 5.32 Å². The van der Waals surface area contributed by atoms with Crippen molar-refractivity contribution in [3.8, 4) is 11.5 Å². The molecule has 110 valence electrons. The number of ether oxygens (including phenoxy) is 2. The summed E-state index contributed by atoms with van der Waals surface area (Å²) in [6, 6.07) is 9.98. The van der Waals surface area contributed by atoms with Crippen molar-refractivity contribution in [1.82, 2.24) is 0 Å². The predicted octanol–water partition coefficient (Wildman–Crippen LogP) is 3.35. The first kappa shape index (κ1) is 13.5. The van der Waals surface area contributed by atoms with Crippen molar-refractivity contribution in [3.63, 3.8) is 0 Å². The summed E-state index contributed by atoms with van der Waals surface area (Å²) in [6.07, 6.45) is 0. The maximum absolute atomic E-state index is 13.8. The van der Waals surface area contributed by atoms with Crippen molar-refractivity contribution in [3.05, 3.63) is 47.8 Å². The van der Waals surface area contributed by atoms with Crippen LogP contribution in [-0.4, -0.2) is 13.2 Å². The summed E-state index contributed by atoms with van der Waals surface area (Å²) in [4.78, 5) is 0. The molecule has 21 heavy (non-hydrogen) atoms. The van der Waals surface area contributed by atoms with Gasteiger partial charge in [-0.2, -0.15) is 0 Å². The Labute approximate surface area is 122 Å². The van der Waals surface area contributed by atoms with Crippen LogP contribution in [0.1, 0.15) is 18.5 Å². The molecule has 0 radical (unpaired) electrons. The molecule has 1 unspecified atom stereocenters. The molecule has 5 heteroatoms. The second-order valence-electron chi connectivity index (χ2n) is 4.97. The van der Waals surface area contributed by atoms with Crippen LogP contribution in [-0.2, 0) is 0 Å². The number of hydrogen-bond donors (Lipinski definition) is 2. The standard InChI is InChI=1S/C16H17FN2O2/c1-10(11-4-2-3-5-12(11)17)19-14-9-16-15(8-13(14)18)20-6-7-21-16/h2-5,8-10,19H,6-7,18H2,1H3. The Morgan fingerprint density at radius 2 is 1.81 bits per heavy atom. The van der Waals surface area contributed by atoms with Gasteiger partial charge in [0.25, 0.3) is 0 Å². The molecule has 0 bridgehead atoms. The zero-order valence-electron chi connectivity index (χ0n) is 11.7. The minimum Gasteiger partial charge on any atom is -0.486 e. The second kappa shape index (κ2) is 5.52. The van der Waals surface area contributed by atoms with Crippen molar-refractivity contribution in [1.29, 1.82) is 0 Å². The summed E-state index contributed by atoms with van der Waals surface area (Å²) < 4.78 is 24.8. The van der Waals surface area contributed by atoms with Gasteiger partial charge in [-0.1, -0.05) is 18.2 Å². The van der Waals surface area contributed by atoms with E-state index in [1.54, 1.807) is 24.3 Å². The van der Waals surface area contributed by atoms with Gasteiger partial charge in [-0.3, -0.25) is 0 Å². The van der Waals surface area contributed by atoms with Crippen LogP contribution in [0.25, 0.3) is 0 Å². The van der Waals surface area contributed by atoms with Crippen molar-refractivity contribution < 1.29 is 13.9 Å². The van der Waals surface area contributed by atoms with Crippen LogP contribution in [0.15, 0.2) is 36.4 Å². The third-order valence-corrected chi connectivity index (χ3v) is 3.46. The first-order valence-corrected chi connectivity index (χ1v) is 6.85. The average molecular weight is 288 g/mol. The number of hydrogen-bond acceptors (Lipinski definition) is 4. The third kappa shape index (κ3) is 2.72. The molecule has 2 aromatic carbocycles. The molecule has 4 nitrogen and oxygen atoms in total. The molecule has 0 saturated heterocycles. The lowest BCUT2D eigenvalue weighted by molar-refractivity contribution is 0.172. The Balaban J connectivity index is 1.86. The van der Waals surface area contributed by atoms with Crippen molar-refractivity contribution in [2.24, 2.45) is 0 Å². The van der Waals surface area contributed by atoms with E-state index in [9.17, 15) is 4.39 Å². The van der Waals surface area contributed by atoms with Crippen LogP contribution >= 0.6 is 0 Å². The zero-order valence-corrected chi connectivity index (χ0v) is 11.7. The van der Waals surface area contributed by atoms with Crippen LogP contribution in [0, 0.1) is 5.82 Å². The van der Waals surface area contributed by atoms with E-state index >= 15 is 0 Å².